The Balaban J connectivity index is 0.00000128. The van der Waals surface area contributed by atoms with Crippen LogP contribution in [0.15, 0.2) is 18.2 Å². The molecule has 0 radical (unpaired) electrons. The van der Waals surface area contributed by atoms with Gasteiger partial charge in [-0.15, -0.1) is 12.4 Å². The quantitative estimate of drug-likeness (QED) is 0.860. The second kappa shape index (κ2) is 5.55. The van der Waals surface area contributed by atoms with Crippen LogP contribution in [0.25, 0.3) is 0 Å². The number of hydrogen-bond acceptors (Lipinski definition) is 2. The third kappa shape index (κ3) is 2.33. The molecule has 2 rings (SSSR count). The zero-order valence-electron chi connectivity index (χ0n) is 10.1. The molecule has 16 heavy (non-hydrogen) atoms. The van der Waals surface area contributed by atoms with Gasteiger partial charge >= 0.3 is 0 Å². The molecule has 0 bridgehead atoms. The molecule has 0 saturated heterocycles. The summed E-state index contributed by atoms with van der Waals surface area (Å²) >= 11 is 0. The van der Waals surface area contributed by atoms with Crippen molar-refractivity contribution in [2.24, 2.45) is 0 Å². The summed E-state index contributed by atoms with van der Waals surface area (Å²) in [5, 5.41) is 3.39. The third-order valence-electron chi connectivity index (χ3n) is 3.54. The summed E-state index contributed by atoms with van der Waals surface area (Å²) < 4.78 is 5.25. The Morgan fingerprint density at radius 3 is 2.75 bits per heavy atom. The van der Waals surface area contributed by atoms with Crippen molar-refractivity contribution in [1.82, 2.24) is 5.32 Å². The van der Waals surface area contributed by atoms with Crippen LogP contribution in [0, 0.1) is 0 Å². The van der Waals surface area contributed by atoms with Crippen LogP contribution in [0.5, 0.6) is 5.75 Å². The number of aryl methyl sites for hydroxylation is 1. The Kier molecular flexibility index (Phi) is 4.63. The van der Waals surface area contributed by atoms with Gasteiger partial charge in [-0.3, -0.25) is 0 Å². The predicted octanol–water partition coefficient (Wildman–Crippen LogP) is 2.75. The maximum Gasteiger partial charge on any atom is 0.119 e. The molecule has 0 aromatic heterocycles. The van der Waals surface area contributed by atoms with Gasteiger partial charge in [0.25, 0.3) is 0 Å². The molecule has 1 aromatic carbocycles. The third-order valence-corrected chi connectivity index (χ3v) is 3.54. The van der Waals surface area contributed by atoms with Crippen LogP contribution in [0.4, 0.5) is 0 Å². The molecule has 1 aliphatic carbocycles. The van der Waals surface area contributed by atoms with Gasteiger partial charge in [-0.05, 0) is 49.1 Å². The topological polar surface area (TPSA) is 21.3 Å². The Labute approximate surface area is 104 Å². The van der Waals surface area contributed by atoms with Crippen molar-refractivity contribution in [3.05, 3.63) is 29.3 Å². The fourth-order valence-electron chi connectivity index (χ4n) is 2.54. The molecular weight excluding hydrogens is 222 g/mol. The minimum atomic E-state index is 0. The lowest BCUT2D eigenvalue weighted by molar-refractivity contribution is 0.407. The molecule has 0 heterocycles. The average molecular weight is 242 g/mol. The van der Waals surface area contributed by atoms with Crippen LogP contribution >= 0.6 is 12.4 Å². The Morgan fingerprint density at radius 2 is 2.12 bits per heavy atom. The van der Waals surface area contributed by atoms with Crippen molar-refractivity contribution in [2.75, 3.05) is 14.2 Å². The summed E-state index contributed by atoms with van der Waals surface area (Å²) in [5.74, 6) is 1.58. The number of likely N-dealkylation sites (N-methyl/N-ethyl adjacent to an activating group) is 1. The molecule has 2 unspecified atom stereocenters. The van der Waals surface area contributed by atoms with Crippen molar-refractivity contribution >= 4 is 12.4 Å². The van der Waals surface area contributed by atoms with E-state index in [1.807, 2.05) is 0 Å². The van der Waals surface area contributed by atoms with E-state index >= 15 is 0 Å². The summed E-state index contributed by atoms with van der Waals surface area (Å²) in [4.78, 5) is 0. The van der Waals surface area contributed by atoms with Crippen LogP contribution < -0.4 is 10.1 Å². The van der Waals surface area contributed by atoms with E-state index in [0.717, 1.165) is 12.2 Å². The molecule has 2 atom stereocenters. The second-order valence-corrected chi connectivity index (χ2v) is 4.29. The molecule has 1 aliphatic rings. The molecule has 0 saturated carbocycles. The minimum absolute atomic E-state index is 0. The maximum absolute atomic E-state index is 5.25. The molecule has 0 fully saturated rings. The average Bonchev–Trinajstić information content (AvgIpc) is 2.29. The highest BCUT2D eigenvalue weighted by Crippen LogP contribution is 2.33. The zero-order valence-corrected chi connectivity index (χ0v) is 10.9. The zero-order chi connectivity index (χ0) is 10.8. The fraction of sp³-hybridized carbons (Fsp3) is 0.538. The number of hydrogen-bond donors (Lipinski definition) is 1. The lowest BCUT2D eigenvalue weighted by Crippen LogP contribution is -2.34. The summed E-state index contributed by atoms with van der Waals surface area (Å²) in [6, 6.07) is 7.07. The molecular formula is C13H20ClNO. The van der Waals surface area contributed by atoms with E-state index in [0.29, 0.717) is 12.0 Å². The van der Waals surface area contributed by atoms with Gasteiger partial charge < -0.3 is 10.1 Å². The van der Waals surface area contributed by atoms with Crippen LogP contribution in [0.1, 0.15) is 30.4 Å². The van der Waals surface area contributed by atoms with Crippen molar-refractivity contribution < 1.29 is 4.74 Å². The predicted molar refractivity (Wildman–Crippen MR) is 69.8 cm³/mol. The molecule has 90 valence electrons. The van der Waals surface area contributed by atoms with Crippen molar-refractivity contribution in [1.29, 1.82) is 0 Å². The lowest BCUT2D eigenvalue weighted by atomic mass is 9.80. The van der Waals surface area contributed by atoms with E-state index in [1.54, 1.807) is 7.11 Å². The van der Waals surface area contributed by atoms with Gasteiger partial charge in [-0.2, -0.15) is 0 Å². The second-order valence-electron chi connectivity index (χ2n) is 4.29. The van der Waals surface area contributed by atoms with Gasteiger partial charge in [-0.25, -0.2) is 0 Å². The van der Waals surface area contributed by atoms with E-state index < -0.39 is 0 Å². The summed E-state index contributed by atoms with van der Waals surface area (Å²) in [5.41, 5.74) is 2.93. The number of benzene rings is 1. The highest BCUT2D eigenvalue weighted by Gasteiger charge is 2.24. The van der Waals surface area contributed by atoms with Crippen LogP contribution in [-0.4, -0.2) is 20.2 Å². The highest BCUT2D eigenvalue weighted by atomic mass is 35.5. The SMILES string of the molecule is CNC1CCc2cc(OC)ccc2C1C.Cl. The van der Waals surface area contributed by atoms with E-state index in [2.05, 4.69) is 37.5 Å². The highest BCUT2D eigenvalue weighted by molar-refractivity contribution is 5.85. The number of nitrogens with one attached hydrogen (secondary N) is 1. The Hall–Kier alpha value is -0.730. The summed E-state index contributed by atoms with van der Waals surface area (Å²) in [6.45, 7) is 2.30. The molecule has 0 amide bonds. The molecule has 0 spiro atoms. The van der Waals surface area contributed by atoms with Gasteiger partial charge in [0.05, 0.1) is 7.11 Å². The fourth-order valence-corrected chi connectivity index (χ4v) is 2.54. The van der Waals surface area contributed by atoms with Gasteiger partial charge in [0.1, 0.15) is 5.75 Å². The Morgan fingerprint density at radius 1 is 1.38 bits per heavy atom. The summed E-state index contributed by atoms with van der Waals surface area (Å²) in [6.07, 6.45) is 2.38. The monoisotopic (exact) mass is 241 g/mol. The number of ether oxygens (including phenoxy) is 1. The van der Waals surface area contributed by atoms with Gasteiger partial charge in [-0.1, -0.05) is 13.0 Å². The van der Waals surface area contributed by atoms with Crippen LogP contribution in [0.2, 0.25) is 0 Å². The molecule has 0 aliphatic heterocycles. The largest absolute Gasteiger partial charge is 0.497 e. The molecule has 2 nitrogen and oxygen atoms in total. The van der Waals surface area contributed by atoms with Gasteiger partial charge in [0.2, 0.25) is 0 Å². The van der Waals surface area contributed by atoms with Crippen LogP contribution in [0.3, 0.4) is 0 Å². The standard InChI is InChI=1S/C13H19NO.ClH/c1-9-12-6-5-11(15-3)8-10(12)4-7-13(9)14-2;/h5-6,8-9,13-14H,4,7H2,1-3H3;1H. The number of halogens is 1. The van der Waals surface area contributed by atoms with E-state index in [4.69, 9.17) is 4.74 Å². The van der Waals surface area contributed by atoms with Crippen molar-refractivity contribution in [2.45, 2.75) is 31.7 Å². The number of rotatable bonds is 2. The number of methoxy groups -OCH3 is 1. The van der Waals surface area contributed by atoms with E-state index in [9.17, 15) is 0 Å². The first-order chi connectivity index (χ1) is 7.26. The first-order valence-electron chi connectivity index (χ1n) is 5.60. The Bertz CT molecular complexity index is 354. The van der Waals surface area contributed by atoms with Gasteiger partial charge in [0, 0.05) is 6.04 Å². The first-order valence-corrected chi connectivity index (χ1v) is 5.60. The first kappa shape index (κ1) is 13.3. The van der Waals surface area contributed by atoms with E-state index in [-0.39, 0.29) is 12.4 Å². The normalized spacial score (nSPS) is 23.2. The van der Waals surface area contributed by atoms with Crippen LogP contribution in [-0.2, 0) is 6.42 Å². The minimum Gasteiger partial charge on any atom is -0.497 e. The molecule has 3 heteroatoms. The van der Waals surface area contributed by atoms with Gasteiger partial charge in [0.15, 0.2) is 0 Å². The summed E-state index contributed by atoms with van der Waals surface area (Å²) in [7, 11) is 3.78. The smallest absolute Gasteiger partial charge is 0.119 e. The molecule has 1 N–H and O–H groups in total. The molecule has 1 aromatic rings. The number of fused-ring (bicyclic) bond motifs is 1. The van der Waals surface area contributed by atoms with Crippen molar-refractivity contribution in [3.8, 4) is 5.75 Å². The maximum atomic E-state index is 5.25. The lowest BCUT2D eigenvalue weighted by Gasteiger charge is -2.31. The van der Waals surface area contributed by atoms with Crippen molar-refractivity contribution in [3.63, 3.8) is 0 Å². The van der Waals surface area contributed by atoms with E-state index in [1.165, 1.54) is 17.5 Å².